The van der Waals surface area contributed by atoms with Gasteiger partial charge in [0.2, 0.25) is 0 Å². The van der Waals surface area contributed by atoms with Crippen molar-refractivity contribution in [2.24, 2.45) is 0 Å². The summed E-state index contributed by atoms with van der Waals surface area (Å²) in [4.78, 5) is 32.8. The van der Waals surface area contributed by atoms with Crippen molar-refractivity contribution in [3.8, 4) is 0 Å². The SMILES string of the molecule is C[C@H]1C(=O)N(Cc2cccc3cccnc23)C(=O)N1c1ccccc1. The highest BCUT2D eigenvalue weighted by molar-refractivity contribution is 6.14. The van der Waals surface area contributed by atoms with Crippen LogP contribution >= 0.6 is 0 Å². The van der Waals surface area contributed by atoms with Gasteiger partial charge in [-0.3, -0.25) is 19.6 Å². The molecule has 1 aliphatic rings. The Bertz CT molecular complexity index is 950. The minimum atomic E-state index is -0.516. The third-order valence-electron chi connectivity index (χ3n) is 4.53. The Morgan fingerprint density at radius 3 is 2.52 bits per heavy atom. The second-order valence-electron chi connectivity index (χ2n) is 6.08. The molecule has 1 aliphatic heterocycles. The fourth-order valence-electron chi connectivity index (χ4n) is 3.26. The van der Waals surface area contributed by atoms with Crippen LogP contribution in [-0.2, 0) is 11.3 Å². The Labute approximate surface area is 145 Å². The van der Waals surface area contributed by atoms with Crippen LogP contribution in [0.3, 0.4) is 0 Å². The van der Waals surface area contributed by atoms with E-state index in [4.69, 9.17) is 0 Å². The minimum absolute atomic E-state index is 0.193. The molecule has 1 atom stereocenters. The molecule has 0 unspecified atom stereocenters. The number of hydrogen-bond acceptors (Lipinski definition) is 3. The first-order valence-corrected chi connectivity index (χ1v) is 8.19. The van der Waals surface area contributed by atoms with Gasteiger partial charge in [-0.2, -0.15) is 0 Å². The smallest absolute Gasteiger partial charge is 0.282 e. The van der Waals surface area contributed by atoms with E-state index in [2.05, 4.69) is 4.98 Å². The van der Waals surface area contributed by atoms with Crippen LogP contribution in [0.25, 0.3) is 10.9 Å². The molecule has 1 aromatic heterocycles. The van der Waals surface area contributed by atoms with E-state index in [1.165, 1.54) is 4.90 Å². The van der Waals surface area contributed by atoms with E-state index in [-0.39, 0.29) is 18.5 Å². The Morgan fingerprint density at radius 1 is 0.960 bits per heavy atom. The first-order valence-electron chi connectivity index (χ1n) is 8.19. The molecule has 2 aromatic carbocycles. The Morgan fingerprint density at radius 2 is 1.72 bits per heavy atom. The molecule has 1 fully saturated rings. The Kier molecular flexibility index (Phi) is 3.69. The molecule has 124 valence electrons. The number of benzene rings is 2. The lowest BCUT2D eigenvalue weighted by molar-refractivity contribution is -0.127. The molecule has 0 aliphatic carbocycles. The zero-order valence-corrected chi connectivity index (χ0v) is 13.8. The molecular weight excluding hydrogens is 314 g/mol. The van der Waals surface area contributed by atoms with Crippen LogP contribution in [0.15, 0.2) is 66.9 Å². The molecular formula is C20H17N3O2. The van der Waals surface area contributed by atoms with Crippen LogP contribution in [0.5, 0.6) is 0 Å². The number of imide groups is 1. The van der Waals surface area contributed by atoms with E-state index in [1.54, 1.807) is 18.0 Å². The average molecular weight is 331 g/mol. The molecule has 3 aromatic rings. The van der Waals surface area contributed by atoms with Gasteiger partial charge in [0, 0.05) is 17.3 Å². The van der Waals surface area contributed by atoms with E-state index in [0.717, 1.165) is 22.2 Å². The van der Waals surface area contributed by atoms with Crippen LogP contribution in [-0.4, -0.2) is 27.9 Å². The lowest BCUT2D eigenvalue weighted by atomic mass is 10.1. The van der Waals surface area contributed by atoms with E-state index in [0.29, 0.717) is 0 Å². The number of urea groups is 1. The summed E-state index contributed by atoms with van der Waals surface area (Å²) in [5.41, 5.74) is 2.41. The second kappa shape index (κ2) is 6.02. The van der Waals surface area contributed by atoms with Gasteiger partial charge in [-0.15, -0.1) is 0 Å². The molecule has 0 saturated carbocycles. The van der Waals surface area contributed by atoms with Crippen molar-refractivity contribution in [1.82, 2.24) is 9.88 Å². The molecule has 4 rings (SSSR count). The number of para-hydroxylation sites is 2. The van der Waals surface area contributed by atoms with Crippen molar-refractivity contribution in [2.75, 3.05) is 4.90 Å². The van der Waals surface area contributed by atoms with Crippen LogP contribution in [0.1, 0.15) is 12.5 Å². The Hall–Kier alpha value is -3.21. The normalized spacial score (nSPS) is 17.6. The van der Waals surface area contributed by atoms with Gasteiger partial charge in [-0.1, -0.05) is 42.5 Å². The zero-order chi connectivity index (χ0) is 17.4. The number of pyridine rings is 1. The number of hydrogen-bond donors (Lipinski definition) is 0. The molecule has 3 amide bonds. The summed E-state index contributed by atoms with van der Waals surface area (Å²) in [6, 6.07) is 18.1. The maximum absolute atomic E-state index is 12.9. The van der Waals surface area contributed by atoms with Gasteiger partial charge in [-0.25, -0.2) is 4.79 Å². The summed E-state index contributed by atoms with van der Waals surface area (Å²) in [6.07, 6.45) is 1.72. The largest absolute Gasteiger partial charge is 0.332 e. The predicted molar refractivity (Wildman–Crippen MR) is 96.1 cm³/mol. The fraction of sp³-hybridized carbons (Fsp3) is 0.150. The summed E-state index contributed by atoms with van der Waals surface area (Å²) in [5, 5.41) is 0.993. The van der Waals surface area contributed by atoms with Crippen molar-refractivity contribution in [3.05, 3.63) is 72.4 Å². The first kappa shape index (κ1) is 15.3. The maximum Gasteiger partial charge on any atom is 0.332 e. The molecule has 0 radical (unpaired) electrons. The monoisotopic (exact) mass is 331 g/mol. The maximum atomic E-state index is 12.9. The predicted octanol–water partition coefficient (Wildman–Crippen LogP) is 3.59. The molecule has 0 N–H and O–H groups in total. The molecule has 5 nitrogen and oxygen atoms in total. The van der Waals surface area contributed by atoms with Crippen molar-refractivity contribution < 1.29 is 9.59 Å². The molecule has 25 heavy (non-hydrogen) atoms. The number of nitrogens with zero attached hydrogens (tertiary/aromatic N) is 3. The van der Waals surface area contributed by atoms with Crippen LogP contribution < -0.4 is 4.90 Å². The molecule has 0 bridgehead atoms. The second-order valence-corrected chi connectivity index (χ2v) is 6.08. The summed E-state index contributed by atoms with van der Waals surface area (Å²) < 4.78 is 0. The van der Waals surface area contributed by atoms with Gasteiger partial charge < -0.3 is 0 Å². The molecule has 5 heteroatoms. The number of aromatic nitrogens is 1. The fourth-order valence-corrected chi connectivity index (χ4v) is 3.26. The lowest BCUT2D eigenvalue weighted by Gasteiger charge is -2.19. The van der Waals surface area contributed by atoms with Gasteiger partial charge in [-0.05, 0) is 30.7 Å². The summed E-state index contributed by atoms with van der Waals surface area (Å²) in [6.45, 7) is 1.98. The summed E-state index contributed by atoms with van der Waals surface area (Å²) in [7, 11) is 0. The third-order valence-corrected chi connectivity index (χ3v) is 4.53. The first-order chi connectivity index (χ1) is 12.2. The van der Waals surface area contributed by atoms with Crippen LogP contribution in [0.2, 0.25) is 0 Å². The summed E-state index contributed by atoms with van der Waals surface area (Å²) in [5.74, 6) is -0.193. The number of anilines is 1. The van der Waals surface area contributed by atoms with Gasteiger partial charge >= 0.3 is 6.03 Å². The highest BCUT2D eigenvalue weighted by Crippen LogP contribution is 2.28. The van der Waals surface area contributed by atoms with E-state index in [1.807, 2.05) is 60.7 Å². The third kappa shape index (κ3) is 2.54. The zero-order valence-electron chi connectivity index (χ0n) is 13.8. The molecule has 2 heterocycles. The van der Waals surface area contributed by atoms with Gasteiger partial charge in [0.1, 0.15) is 6.04 Å². The molecule has 0 spiro atoms. The van der Waals surface area contributed by atoms with Crippen molar-refractivity contribution in [2.45, 2.75) is 19.5 Å². The number of fused-ring (bicyclic) bond motifs is 1. The number of amides is 3. The lowest BCUT2D eigenvalue weighted by Crippen LogP contribution is -2.33. The van der Waals surface area contributed by atoms with Crippen molar-refractivity contribution in [3.63, 3.8) is 0 Å². The van der Waals surface area contributed by atoms with Crippen molar-refractivity contribution >= 4 is 28.5 Å². The average Bonchev–Trinajstić information content (AvgIpc) is 2.86. The van der Waals surface area contributed by atoms with Gasteiger partial charge in [0.25, 0.3) is 5.91 Å². The highest BCUT2D eigenvalue weighted by atomic mass is 16.2. The topological polar surface area (TPSA) is 53.5 Å². The standard InChI is InChI=1S/C20H17N3O2/c1-14-19(24)22(20(25)23(14)17-10-3-2-4-11-17)13-16-8-5-7-15-9-6-12-21-18(15)16/h2-12,14H,13H2,1H3/t14-/m0/s1. The number of carbonyl (C=O) groups excluding carboxylic acids is 2. The van der Waals surface area contributed by atoms with Gasteiger partial charge in [0.05, 0.1) is 12.1 Å². The summed E-state index contributed by atoms with van der Waals surface area (Å²) >= 11 is 0. The van der Waals surface area contributed by atoms with Gasteiger partial charge in [0.15, 0.2) is 0 Å². The number of carbonyl (C=O) groups is 2. The van der Waals surface area contributed by atoms with Crippen molar-refractivity contribution in [1.29, 1.82) is 0 Å². The quantitative estimate of drug-likeness (QED) is 0.689. The highest BCUT2D eigenvalue weighted by Gasteiger charge is 2.43. The minimum Gasteiger partial charge on any atom is -0.282 e. The van der Waals surface area contributed by atoms with E-state index >= 15 is 0 Å². The number of rotatable bonds is 3. The Balaban J connectivity index is 1.69. The van der Waals surface area contributed by atoms with E-state index in [9.17, 15) is 9.59 Å². The van der Waals surface area contributed by atoms with Crippen LogP contribution in [0, 0.1) is 0 Å². The van der Waals surface area contributed by atoms with E-state index < -0.39 is 6.04 Å². The molecule has 1 saturated heterocycles. The van der Waals surface area contributed by atoms with Crippen LogP contribution in [0.4, 0.5) is 10.5 Å².